The van der Waals surface area contributed by atoms with Crippen LogP contribution in [-0.2, 0) is 11.2 Å². The fourth-order valence-corrected chi connectivity index (χ4v) is 8.59. The number of aliphatic carboxylic acids is 1. The van der Waals surface area contributed by atoms with Gasteiger partial charge in [-0.1, -0.05) is 89.0 Å². The van der Waals surface area contributed by atoms with E-state index in [1.54, 1.807) is 11.1 Å². The number of unbranched alkanes of at least 4 members (excludes halogenated alkanes) is 6. The van der Waals surface area contributed by atoms with Crippen LogP contribution in [0.4, 0.5) is 0 Å². The van der Waals surface area contributed by atoms with Gasteiger partial charge in [0.1, 0.15) is 0 Å². The van der Waals surface area contributed by atoms with Crippen LogP contribution < -0.4 is 0 Å². The number of carboxylic acid groups (broad SMARTS) is 1. The Bertz CT molecular complexity index is 862. The monoisotopic (exact) mass is 496 g/mol. The number of rotatable bonds is 13. The van der Waals surface area contributed by atoms with E-state index < -0.39 is 5.97 Å². The molecule has 2 saturated carbocycles. The molecule has 7 atom stereocenters. The van der Waals surface area contributed by atoms with Crippen molar-refractivity contribution in [2.24, 2.45) is 29.1 Å². The first-order valence-electron chi connectivity index (χ1n) is 15.4. The van der Waals surface area contributed by atoms with E-state index >= 15 is 0 Å². The molecule has 0 aliphatic heterocycles. The maximum atomic E-state index is 11.3. The van der Waals surface area contributed by atoms with Crippen molar-refractivity contribution in [2.45, 2.75) is 136 Å². The number of fused-ring (bicyclic) bond motifs is 5. The number of hydrogen-bond donors (Lipinski definition) is 2. The normalized spacial score (nSPS) is 31.9. The number of aryl methyl sites for hydroxylation is 1. The predicted molar refractivity (Wildman–Crippen MR) is 148 cm³/mol. The van der Waals surface area contributed by atoms with Crippen LogP contribution in [0.3, 0.4) is 0 Å². The van der Waals surface area contributed by atoms with Crippen molar-refractivity contribution in [3.63, 3.8) is 0 Å². The van der Waals surface area contributed by atoms with Crippen LogP contribution in [0.5, 0.6) is 0 Å². The highest BCUT2D eigenvalue weighted by atomic mass is 16.4. The lowest BCUT2D eigenvalue weighted by Gasteiger charge is -2.53. The zero-order valence-corrected chi connectivity index (χ0v) is 23.3. The van der Waals surface area contributed by atoms with Gasteiger partial charge < -0.3 is 10.2 Å². The Morgan fingerprint density at radius 3 is 2.47 bits per heavy atom. The number of benzene rings is 1. The lowest BCUT2D eigenvalue weighted by atomic mass is 9.52. The van der Waals surface area contributed by atoms with Gasteiger partial charge in [-0.15, -0.1) is 0 Å². The fourth-order valence-electron chi connectivity index (χ4n) is 8.59. The summed E-state index contributed by atoms with van der Waals surface area (Å²) in [6, 6.07) is 7.22. The smallest absolute Gasteiger partial charge is 0.306 e. The van der Waals surface area contributed by atoms with Gasteiger partial charge in [0.15, 0.2) is 0 Å². The SMILES string of the molecule is CCCC(CCCCCCCCCC1Cc2cc(C)ccc2C2CCC3(C)C(O)CCC3C12)C(=O)O. The Labute approximate surface area is 220 Å². The van der Waals surface area contributed by atoms with Crippen molar-refractivity contribution < 1.29 is 15.0 Å². The summed E-state index contributed by atoms with van der Waals surface area (Å²) in [6.45, 7) is 6.71. The first-order valence-corrected chi connectivity index (χ1v) is 15.4. The van der Waals surface area contributed by atoms with Gasteiger partial charge in [-0.2, -0.15) is 0 Å². The highest BCUT2D eigenvalue weighted by Crippen LogP contribution is 2.62. The third kappa shape index (κ3) is 6.03. The molecule has 0 saturated heterocycles. The van der Waals surface area contributed by atoms with Crippen molar-refractivity contribution >= 4 is 5.97 Å². The molecule has 0 heterocycles. The van der Waals surface area contributed by atoms with Gasteiger partial charge in [0, 0.05) is 0 Å². The molecule has 2 fully saturated rings. The van der Waals surface area contributed by atoms with Gasteiger partial charge >= 0.3 is 5.97 Å². The van der Waals surface area contributed by atoms with E-state index in [4.69, 9.17) is 0 Å². The third-order valence-electron chi connectivity index (χ3n) is 10.6. The number of hydrogen-bond acceptors (Lipinski definition) is 2. The fraction of sp³-hybridized carbons (Fsp3) is 0.788. The van der Waals surface area contributed by atoms with Crippen molar-refractivity contribution in [1.82, 2.24) is 0 Å². The molecule has 7 unspecified atom stereocenters. The molecule has 3 aliphatic rings. The largest absolute Gasteiger partial charge is 0.481 e. The molecule has 2 N–H and O–H groups in total. The molecule has 0 bridgehead atoms. The highest BCUT2D eigenvalue weighted by molar-refractivity contribution is 5.69. The molecule has 0 spiro atoms. The molecule has 36 heavy (non-hydrogen) atoms. The molecule has 3 aliphatic carbocycles. The second-order valence-corrected chi connectivity index (χ2v) is 13.0. The zero-order valence-electron chi connectivity index (χ0n) is 23.3. The Hall–Kier alpha value is -1.35. The average Bonchev–Trinajstić information content (AvgIpc) is 3.15. The minimum absolute atomic E-state index is 0.101. The molecule has 1 aromatic rings. The van der Waals surface area contributed by atoms with Crippen LogP contribution in [-0.4, -0.2) is 22.3 Å². The van der Waals surface area contributed by atoms with Crippen molar-refractivity contribution in [2.75, 3.05) is 0 Å². The minimum atomic E-state index is -0.607. The third-order valence-corrected chi connectivity index (χ3v) is 10.6. The molecule has 0 aromatic heterocycles. The summed E-state index contributed by atoms with van der Waals surface area (Å²) in [5, 5.41) is 20.2. The average molecular weight is 497 g/mol. The number of aliphatic hydroxyl groups is 1. The topological polar surface area (TPSA) is 57.5 Å². The summed E-state index contributed by atoms with van der Waals surface area (Å²) < 4.78 is 0. The second-order valence-electron chi connectivity index (χ2n) is 13.0. The van der Waals surface area contributed by atoms with E-state index in [0.29, 0.717) is 11.8 Å². The van der Waals surface area contributed by atoms with E-state index in [1.165, 1.54) is 76.2 Å². The summed E-state index contributed by atoms with van der Waals surface area (Å²) in [5.74, 6) is 2.17. The molecule has 3 nitrogen and oxygen atoms in total. The lowest BCUT2D eigenvalue weighted by molar-refractivity contribution is -0.142. The van der Waals surface area contributed by atoms with Gasteiger partial charge in [-0.3, -0.25) is 4.79 Å². The highest BCUT2D eigenvalue weighted by Gasteiger charge is 2.56. The quantitative estimate of drug-likeness (QED) is 0.269. The summed E-state index contributed by atoms with van der Waals surface area (Å²) in [7, 11) is 0. The molecule has 1 aromatic carbocycles. The zero-order chi connectivity index (χ0) is 25.7. The Morgan fingerprint density at radius 1 is 1.03 bits per heavy atom. The van der Waals surface area contributed by atoms with E-state index in [2.05, 4.69) is 39.0 Å². The van der Waals surface area contributed by atoms with Crippen molar-refractivity contribution in [3.8, 4) is 0 Å². The van der Waals surface area contributed by atoms with Crippen LogP contribution in [0.15, 0.2) is 18.2 Å². The molecule has 3 heteroatoms. The number of aliphatic hydroxyl groups excluding tert-OH is 1. The minimum Gasteiger partial charge on any atom is -0.481 e. The van der Waals surface area contributed by atoms with Crippen LogP contribution in [0, 0.1) is 36.0 Å². The van der Waals surface area contributed by atoms with Gasteiger partial charge in [0.2, 0.25) is 0 Å². The lowest BCUT2D eigenvalue weighted by Crippen LogP contribution is -2.47. The Kier molecular flexibility index (Phi) is 9.58. The second kappa shape index (κ2) is 12.5. The van der Waals surface area contributed by atoms with Crippen LogP contribution in [0.1, 0.15) is 133 Å². The molecular formula is C33H52O3. The van der Waals surface area contributed by atoms with Gasteiger partial charge in [0.25, 0.3) is 0 Å². The van der Waals surface area contributed by atoms with E-state index in [1.807, 2.05) is 0 Å². The number of carbonyl (C=O) groups is 1. The summed E-state index contributed by atoms with van der Waals surface area (Å²) in [5.41, 5.74) is 4.78. The Morgan fingerprint density at radius 2 is 1.75 bits per heavy atom. The molecule has 202 valence electrons. The summed E-state index contributed by atoms with van der Waals surface area (Å²) in [4.78, 5) is 11.3. The van der Waals surface area contributed by atoms with Gasteiger partial charge in [-0.25, -0.2) is 0 Å². The van der Waals surface area contributed by atoms with E-state index in [-0.39, 0.29) is 17.4 Å². The predicted octanol–water partition coefficient (Wildman–Crippen LogP) is 8.45. The molecule has 0 radical (unpaired) electrons. The van der Waals surface area contributed by atoms with Crippen molar-refractivity contribution in [3.05, 3.63) is 34.9 Å². The molecular weight excluding hydrogens is 444 g/mol. The van der Waals surface area contributed by atoms with E-state index in [9.17, 15) is 15.0 Å². The van der Waals surface area contributed by atoms with Crippen LogP contribution in [0.2, 0.25) is 0 Å². The van der Waals surface area contributed by atoms with Gasteiger partial charge in [0.05, 0.1) is 12.0 Å². The van der Waals surface area contributed by atoms with E-state index in [0.717, 1.165) is 43.9 Å². The van der Waals surface area contributed by atoms with Crippen LogP contribution in [0.25, 0.3) is 0 Å². The Balaban J connectivity index is 1.26. The summed E-state index contributed by atoms with van der Waals surface area (Å²) >= 11 is 0. The molecule has 4 rings (SSSR count). The maximum Gasteiger partial charge on any atom is 0.306 e. The van der Waals surface area contributed by atoms with Crippen molar-refractivity contribution in [1.29, 1.82) is 0 Å². The standard InChI is InChI=1S/C33H52O3/c1-4-12-24(32(35)36)13-10-8-6-5-7-9-11-14-25-22-26-21-23(2)15-16-27(26)28-19-20-33(3)29(31(25)28)17-18-30(33)34/h15-16,21,24-25,28-31,34H,4-14,17-20,22H2,1-3H3,(H,35,36). The maximum absolute atomic E-state index is 11.3. The van der Waals surface area contributed by atoms with Crippen LogP contribution >= 0.6 is 0 Å². The first-order chi connectivity index (χ1) is 17.3. The summed E-state index contributed by atoms with van der Waals surface area (Å²) in [6.07, 6.45) is 18.5. The van der Waals surface area contributed by atoms with Gasteiger partial charge in [-0.05, 0) is 98.5 Å². The number of carboxylic acids is 1. The first kappa shape index (κ1) is 27.7. The molecule has 0 amide bonds.